The van der Waals surface area contributed by atoms with Crippen molar-refractivity contribution >= 4 is 33.0 Å². The predicted octanol–water partition coefficient (Wildman–Crippen LogP) is 1.58. The molecule has 0 saturated carbocycles. The number of fused-ring (bicyclic) bond motifs is 1. The van der Waals surface area contributed by atoms with Gasteiger partial charge in [0.05, 0.1) is 10.6 Å². The van der Waals surface area contributed by atoms with Gasteiger partial charge in [0.2, 0.25) is 5.91 Å². The number of alkyl halides is 1. The molecular weight excluding hydrogens is 262 g/mol. The highest BCUT2D eigenvalue weighted by atomic mass is 35.5. The van der Waals surface area contributed by atoms with Gasteiger partial charge in [0.15, 0.2) is 9.84 Å². The van der Waals surface area contributed by atoms with Crippen LogP contribution in [0.25, 0.3) is 0 Å². The molecule has 1 aliphatic heterocycles. The minimum atomic E-state index is -3.17. The first-order valence-corrected chi connectivity index (χ1v) is 7.29. The summed E-state index contributed by atoms with van der Waals surface area (Å²) < 4.78 is 23.4. The van der Waals surface area contributed by atoms with Crippen molar-refractivity contribution in [1.82, 2.24) is 0 Å². The number of amides is 1. The van der Waals surface area contributed by atoms with Gasteiger partial charge in [-0.15, -0.1) is 11.6 Å². The molecule has 0 fully saturated rings. The van der Waals surface area contributed by atoms with Crippen molar-refractivity contribution < 1.29 is 13.2 Å². The van der Waals surface area contributed by atoms with E-state index in [0.717, 1.165) is 5.56 Å². The molecule has 0 aliphatic carbocycles. The first kappa shape index (κ1) is 12.4. The average Bonchev–Trinajstić information content (AvgIpc) is 2.55. The number of halogens is 1. The van der Waals surface area contributed by atoms with Crippen LogP contribution in [0.1, 0.15) is 12.5 Å². The van der Waals surface area contributed by atoms with Gasteiger partial charge in [0, 0.05) is 5.69 Å². The van der Waals surface area contributed by atoms with E-state index < -0.39 is 15.2 Å². The molecule has 1 amide bonds. The summed E-state index contributed by atoms with van der Waals surface area (Å²) in [7, 11) is -3.17. The Morgan fingerprint density at radius 3 is 2.82 bits per heavy atom. The zero-order valence-corrected chi connectivity index (χ0v) is 10.8. The lowest BCUT2D eigenvalue weighted by Gasteiger charge is -2.08. The summed E-state index contributed by atoms with van der Waals surface area (Å²) in [6, 6.07) is 4.92. The second-order valence-corrected chi connectivity index (χ2v) is 6.73. The van der Waals surface area contributed by atoms with Crippen molar-refractivity contribution in [3.63, 3.8) is 0 Å². The molecule has 0 saturated heterocycles. The highest BCUT2D eigenvalue weighted by Gasteiger charge is 2.26. The fraction of sp³-hybridized carbons (Fsp3) is 0.364. The van der Waals surface area contributed by atoms with Gasteiger partial charge >= 0.3 is 0 Å². The highest BCUT2D eigenvalue weighted by Crippen LogP contribution is 2.28. The summed E-state index contributed by atoms with van der Waals surface area (Å²) in [5.41, 5.74) is 1.27. The number of hydrogen-bond acceptors (Lipinski definition) is 3. The largest absolute Gasteiger partial charge is 0.325 e. The molecule has 1 aliphatic rings. The summed E-state index contributed by atoms with van der Waals surface area (Å²) in [4.78, 5) is 11.7. The lowest BCUT2D eigenvalue weighted by atomic mass is 10.1. The average molecular weight is 274 g/mol. The number of carbonyl (C=O) groups excluding carboxylic acids is 1. The minimum Gasteiger partial charge on any atom is -0.325 e. The van der Waals surface area contributed by atoms with E-state index in [0.29, 0.717) is 17.0 Å². The molecule has 6 heteroatoms. The summed E-state index contributed by atoms with van der Waals surface area (Å²) in [6.07, 6.45) is 0.539. The lowest BCUT2D eigenvalue weighted by Crippen LogP contribution is -2.20. The van der Waals surface area contributed by atoms with Crippen LogP contribution in [0, 0.1) is 0 Å². The summed E-state index contributed by atoms with van der Waals surface area (Å²) >= 11 is 5.62. The third-order valence-electron chi connectivity index (χ3n) is 2.67. The second kappa shape index (κ2) is 4.31. The number of nitrogens with one attached hydrogen (secondary N) is 1. The Bertz CT molecular complexity index is 566. The zero-order chi connectivity index (χ0) is 12.6. The number of benzene rings is 1. The van der Waals surface area contributed by atoms with E-state index in [1.54, 1.807) is 19.1 Å². The van der Waals surface area contributed by atoms with Crippen molar-refractivity contribution in [3.05, 3.63) is 23.8 Å². The molecule has 4 nitrogen and oxygen atoms in total. The number of rotatable bonds is 2. The monoisotopic (exact) mass is 273 g/mol. The maximum absolute atomic E-state index is 11.7. The third-order valence-corrected chi connectivity index (χ3v) is 4.66. The van der Waals surface area contributed by atoms with Crippen molar-refractivity contribution in [2.45, 2.75) is 23.6 Å². The van der Waals surface area contributed by atoms with E-state index in [1.807, 2.05) is 0 Å². The molecular formula is C11H12ClNO3S. The van der Waals surface area contributed by atoms with Crippen LogP contribution in [0.4, 0.5) is 5.69 Å². The van der Waals surface area contributed by atoms with Crippen molar-refractivity contribution in [3.8, 4) is 0 Å². The molecule has 1 aromatic carbocycles. The van der Waals surface area contributed by atoms with E-state index in [-0.39, 0.29) is 11.7 Å². The molecule has 17 heavy (non-hydrogen) atoms. The van der Waals surface area contributed by atoms with Crippen LogP contribution in [-0.2, 0) is 21.1 Å². The molecule has 1 heterocycles. The van der Waals surface area contributed by atoms with E-state index in [4.69, 9.17) is 11.6 Å². The molecule has 0 bridgehead atoms. The standard InChI is InChI=1S/C11H12ClNO3S/c1-7(12)11(14)13-9-3-2-8-4-5-17(15,16)10(8)6-9/h2-3,6-7H,4-5H2,1H3,(H,13,14). The Morgan fingerprint density at radius 1 is 1.47 bits per heavy atom. The van der Waals surface area contributed by atoms with Gasteiger partial charge in [-0.25, -0.2) is 8.42 Å². The van der Waals surface area contributed by atoms with E-state index >= 15 is 0 Å². The first-order chi connectivity index (χ1) is 7.90. The lowest BCUT2D eigenvalue weighted by molar-refractivity contribution is -0.115. The number of carbonyl (C=O) groups is 1. The maximum Gasteiger partial charge on any atom is 0.242 e. The molecule has 2 rings (SSSR count). The van der Waals surface area contributed by atoms with E-state index in [9.17, 15) is 13.2 Å². The van der Waals surface area contributed by atoms with Crippen LogP contribution in [0.3, 0.4) is 0 Å². The van der Waals surface area contributed by atoms with Gasteiger partial charge in [0.1, 0.15) is 5.38 Å². The quantitative estimate of drug-likeness (QED) is 0.832. The van der Waals surface area contributed by atoms with Crippen molar-refractivity contribution in [1.29, 1.82) is 0 Å². The summed E-state index contributed by atoms with van der Waals surface area (Å²) in [5, 5.41) is 1.92. The Balaban J connectivity index is 2.32. The normalized spacial score (nSPS) is 18.5. The topological polar surface area (TPSA) is 63.2 Å². The van der Waals surface area contributed by atoms with Crippen molar-refractivity contribution in [2.24, 2.45) is 0 Å². The van der Waals surface area contributed by atoms with Gasteiger partial charge in [-0.05, 0) is 31.0 Å². The van der Waals surface area contributed by atoms with Crippen LogP contribution in [0.2, 0.25) is 0 Å². The first-order valence-electron chi connectivity index (χ1n) is 5.21. The van der Waals surface area contributed by atoms with Gasteiger partial charge in [-0.3, -0.25) is 4.79 Å². The van der Waals surface area contributed by atoms with Crippen molar-refractivity contribution in [2.75, 3.05) is 11.1 Å². The summed E-state index contributed by atoms with van der Waals surface area (Å²) in [6.45, 7) is 1.56. The number of aryl methyl sites for hydroxylation is 1. The number of hydrogen-bond donors (Lipinski definition) is 1. The SMILES string of the molecule is CC(Cl)C(=O)Nc1ccc2c(c1)S(=O)(=O)CC2. The molecule has 1 aromatic rings. The van der Waals surface area contributed by atoms with Crippen LogP contribution >= 0.6 is 11.6 Å². The number of sulfone groups is 1. The molecule has 1 unspecified atom stereocenters. The predicted molar refractivity (Wildman–Crippen MR) is 66.1 cm³/mol. The van der Waals surface area contributed by atoms with Crippen LogP contribution in [0.15, 0.2) is 23.1 Å². The Morgan fingerprint density at radius 2 is 2.18 bits per heavy atom. The number of anilines is 1. The second-order valence-electron chi connectivity index (χ2n) is 4.00. The fourth-order valence-corrected chi connectivity index (χ4v) is 3.36. The van der Waals surface area contributed by atoms with Gasteiger partial charge in [-0.2, -0.15) is 0 Å². The maximum atomic E-state index is 11.7. The fourth-order valence-electron chi connectivity index (χ4n) is 1.72. The Kier molecular flexibility index (Phi) is 3.14. The zero-order valence-electron chi connectivity index (χ0n) is 9.23. The van der Waals surface area contributed by atoms with Gasteiger partial charge in [-0.1, -0.05) is 6.07 Å². The third kappa shape index (κ3) is 2.45. The molecule has 0 spiro atoms. The Hall–Kier alpha value is -1.07. The Labute approximate surface area is 105 Å². The van der Waals surface area contributed by atoms with Crippen LogP contribution < -0.4 is 5.32 Å². The summed E-state index contributed by atoms with van der Waals surface area (Å²) in [5.74, 6) is -0.201. The molecule has 0 aromatic heterocycles. The van der Waals surface area contributed by atoms with Crippen LogP contribution in [-0.4, -0.2) is 25.5 Å². The molecule has 1 N–H and O–H groups in total. The molecule has 92 valence electrons. The van der Waals surface area contributed by atoms with Gasteiger partial charge < -0.3 is 5.32 Å². The molecule has 0 radical (unpaired) electrons. The highest BCUT2D eigenvalue weighted by molar-refractivity contribution is 7.91. The van der Waals surface area contributed by atoms with E-state index in [1.165, 1.54) is 6.07 Å². The van der Waals surface area contributed by atoms with Gasteiger partial charge in [0.25, 0.3) is 0 Å². The smallest absolute Gasteiger partial charge is 0.242 e. The van der Waals surface area contributed by atoms with E-state index in [2.05, 4.69) is 5.32 Å². The van der Waals surface area contributed by atoms with Crippen LogP contribution in [0.5, 0.6) is 0 Å². The molecule has 1 atom stereocenters. The minimum absolute atomic E-state index is 0.144.